The van der Waals surface area contributed by atoms with Crippen LogP contribution in [0.5, 0.6) is 0 Å². The van der Waals surface area contributed by atoms with E-state index in [2.05, 4.69) is 10.6 Å². The zero-order valence-electron chi connectivity index (χ0n) is 11.2. The molecule has 1 fully saturated rings. The quantitative estimate of drug-likeness (QED) is 0.314. The predicted octanol–water partition coefficient (Wildman–Crippen LogP) is -3.57. The summed E-state index contributed by atoms with van der Waals surface area (Å²) in [5.41, 5.74) is 0. The second kappa shape index (κ2) is 6.95. The van der Waals surface area contributed by atoms with Gasteiger partial charge >= 0.3 is 0 Å². The van der Waals surface area contributed by atoms with Crippen LogP contribution in [0.2, 0.25) is 0 Å². The Morgan fingerprint density at radius 3 is 2.35 bits per heavy atom. The van der Waals surface area contributed by atoms with Gasteiger partial charge in [-0.05, 0) is 6.92 Å². The summed E-state index contributed by atoms with van der Waals surface area (Å²) in [6.45, 7) is 2.01. The van der Waals surface area contributed by atoms with E-state index in [-0.39, 0.29) is 0 Å². The van der Waals surface area contributed by atoms with Gasteiger partial charge in [0.15, 0.2) is 6.29 Å². The minimum absolute atomic E-state index is 0.513. The molecule has 0 bridgehead atoms. The van der Waals surface area contributed by atoms with E-state index in [1.165, 1.54) is 13.8 Å². The largest absolute Gasteiger partial charge is 0.394 e. The smallest absolute Gasteiger partial charge is 0.245 e. The van der Waals surface area contributed by atoms with Gasteiger partial charge in [0.25, 0.3) is 0 Å². The van der Waals surface area contributed by atoms with Crippen LogP contribution in [0.4, 0.5) is 0 Å². The molecule has 0 spiro atoms. The summed E-state index contributed by atoms with van der Waals surface area (Å²) >= 11 is 0. The molecule has 6 N–H and O–H groups in total. The molecule has 6 unspecified atom stereocenters. The van der Waals surface area contributed by atoms with Crippen molar-refractivity contribution < 1.29 is 34.8 Å². The second-order valence-corrected chi connectivity index (χ2v) is 4.68. The number of ether oxygens (including phenoxy) is 1. The minimum atomic E-state index is -1.55. The van der Waals surface area contributed by atoms with Crippen LogP contribution < -0.4 is 10.6 Å². The van der Waals surface area contributed by atoms with Gasteiger partial charge in [-0.25, -0.2) is 0 Å². The van der Waals surface area contributed by atoms with Crippen molar-refractivity contribution in [3.63, 3.8) is 0 Å². The van der Waals surface area contributed by atoms with Crippen LogP contribution in [-0.4, -0.2) is 75.5 Å². The lowest BCUT2D eigenvalue weighted by Crippen LogP contribution is -2.65. The van der Waals surface area contributed by atoms with E-state index in [0.29, 0.717) is 0 Å². The number of hydrogen-bond donors (Lipinski definition) is 6. The number of aliphatic hydroxyl groups excluding tert-OH is 4. The van der Waals surface area contributed by atoms with Crippen LogP contribution >= 0.6 is 0 Å². The molecule has 0 aromatic rings. The molecule has 116 valence electrons. The summed E-state index contributed by atoms with van der Waals surface area (Å²) in [5.74, 6) is -1.30. The van der Waals surface area contributed by atoms with E-state index in [1.807, 2.05) is 0 Å². The molecule has 9 heteroatoms. The Bertz CT molecular complexity index is 351. The third-order valence-electron chi connectivity index (χ3n) is 3.05. The lowest BCUT2D eigenvalue weighted by Gasteiger charge is -2.40. The molecule has 1 saturated heterocycles. The summed E-state index contributed by atoms with van der Waals surface area (Å²) in [7, 11) is 0. The Morgan fingerprint density at radius 2 is 1.85 bits per heavy atom. The highest BCUT2D eigenvalue weighted by molar-refractivity contribution is 5.87. The topological polar surface area (TPSA) is 148 Å². The fourth-order valence-corrected chi connectivity index (χ4v) is 1.93. The normalized spacial score (nSPS) is 35.2. The fraction of sp³-hybridized carbons (Fsp3) is 0.818. The number of rotatable bonds is 4. The number of hydrogen-bond acceptors (Lipinski definition) is 7. The first-order chi connectivity index (χ1) is 9.27. The Labute approximate surface area is 115 Å². The molecule has 1 aliphatic rings. The van der Waals surface area contributed by atoms with Gasteiger partial charge in [-0.3, -0.25) is 9.59 Å². The Morgan fingerprint density at radius 1 is 1.25 bits per heavy atom. The summed E-state index contributed by atoms with van der Waals surface area (Å²) < 4.78 is 4.86. The third-order valence-corrected chi connectivity index (χ3v) is 3.05. The van der Waals surface area contributed by atoms with E-state index in [4.69, 9.17) is 9.84 Å². The van der Waals surface area contributed by atoms with Crippen molar-refractivity contribution in [3.05, 3.63) is 0 Å². The molecule has 9 nitrogen and oxygen atoms in total. The van der Waals surface area contributed by atoms with Gasteiger partial charge in [0, 0.05) is 6.92 Å². The molecule has 0 aliphatic carbocycles. The van der Waals surface area contributed by atoms with Crippen molar-refractivity contribution in [2.45, 2.75) is 50.5 Å². The summed E-state index contributed by atoms with van der Waals surface area (Å²) in [6.07, 6.45) is -5.12. The number of carbonyl (C=O) groups excluding carboxylic acids is 2. The first-order valence-electron chi connectivity index (χ1n) is 6.16. The van der Waals surface area contributed by atoms with E-state index in [9.17, 15) is 24.9 Å². The van der Waals surface area contributed by atoms with Gasteiger partial charge in [0.2, 0.25) is 11.8 Å². The molecule has 6 atom stereocenters. The van der Waals surface area contributed by atoms with Gasteiger partial charge in [0.05, 0.1) is 18.8 Å². The van der Waals surface area contributed by atoms with Crippen molar-refractivity contribution >= 4 is 11.8 Å². The van der Waals surface area contributed by atoms with Crippen LogP contribution in [0.1, 0.15) is 13.8 Å². The molecule has 1 aliphatic heterocycles. The highest BCUT2D eigenvalue weighted by atomic mass is 16.6. The molecule has 0 aromatic heterocycles. The number of aliphatic hydroxyl groups is 4. The van der Waals surface area contributed by atoms with Crippen LogP contribution in [0.3, 0.4) is 0 Å². The lowest BCUT2D eigenvalue weighted by molar-refractivity contribution is -0.251. The van der Waals surface area contributed by atoms with Crippen molar-refractivity contribution in [3.8, 4) is 0 Å². The summed E-state index contributed by atoms with van der Waals surface area (Å²) in [6, 6.07) is -2.38. The van der Waals surface area contributed by atoms with Crippen molar-refractivity contribution in [1.29, 1.82) is 0 Å². The van der Waals surface area contributed by atoms with Gasteiger partial charge in [-0.2, -0.15) is 0 Å². The maximum absolute atomic E-state index is 11.9. The van der Waals surface area contributed by atoms with E-state index >= 15 is 0 Å². The van der Waals surface area contributed by atoms with E-state index in [1.54, 1.807) is 0 Å². The highest BCUT2D eigenvalue weighted by Crippen LogP contribution is 2.19. The molecule has 1 rings (SSSR count). The minimum Gasteiger partial charge on any atom is -0.394 e. The van der Waals surface area contributed by atoms with Gasteiger partial charge in [-0.15, -0.1) is 0 Å². The Hall–Kier alpha value is -1.26. The second-order valence-electron chi connectivity index (χ2n) is 4.68. The van der Waals surface area contributed by atoms with Crippen LogP contribution in [0, 0.1) is 0 Å². The standard InChI is InChI=1S/C11H20N2O7/c1-4-8(16)7(9(17)11(19)20-4)13-10(18)6(3-14)12-5(2)15/h4,6-9,11,14,16-17,19H,3H2,1-2H3,(H,12,15)(H,13,18). The number of nitrogens with one attached hydrogen (secondary N) is 2. The van der Waals surface area contributed by atoms with Gasteiger partial charge in [-0.1, -0.05) is 0 Å². The molecule has 1 heterocycles. The lowest BCUT2D eigenvalue weighted by atomic mass is 9.96. The SMILES string of the molecule is CC(=O)NC(CO)C(=O)NC1C(O)C(C)OC(O)C1O. The Kier molecular flexibility index (Phi) is 5.84. The monoisotopic (exact) mass is 292 g/mol. The number of carbonyl (C=O) groups is 2. The average molecular weight is 292 g/mol. The molecular weight excluding hydrogens is 272 g/mol. The molecule has 0 aromatic carbocycles. The average Bonchev–Trinajstić information content (AvgIpc) is 2.38. The van der Waals surface area contributed by atoms with Crippen molar-refractivity contribution in [2.24, 2.45) is 0 Å². The van der Waals surface area contributed by atoms with Crippen molar-refractivity contribution in [1.82, 2.24) is 10.6 Å². The first-order valence-corrected chi connectivity index (χ1v) is 6.16. The first kappa shape index (κ1) is 16.8. The van der Waals surface area contributed by atoms with E-state index in [0.717, 1.165) is 0 Å². The molecule has 2 amide bonds. The van der Waals surface area contributed by atoms with Crippen molar-refractivity contribution in [2.75, 3.05) is 6.61 Å². The molecule has 0 saturated carbocycles. The van der Waals surface area contributed by atoms with Crippen LogP contribution in [0.15, 0.2) is 0 Å². The zero-order valence-corrected chi connectivity index (χ0v) is 11.2. The molecule has 0 radical (unpaired) electrons. The fourth-order valence-electron chi connectivity index (χ4n) is 1.93. The predicted molar refractivity (Wildman–Crippen MR) is 65.2 cm³/mol. The Balaban J connectivity index is 2.73. The third kappa shape index (κ3) is 3.87. The van der Waals surface area contributed by atoms with Crippen LogP contribution in [0.25, 0.3) is 0 Å². The summed E-state index contributed by atoms with van der Waals surface area (Å²) in [4.78, 5) is 22.7. The number of amides is 2. The van der Waals surface area contributed by atoms with E-state index < -0.39 is 55.1 Å². The van der Waals surface area contributed by atoms with Gasteiger partial charge in [0.1, 0.15) is 18.2 Å². The molecular formula is C11H20N2O7. The van der Waals surface area contributed by atoms with Crippen LogP contribution in [-0.2, 0) is 14.3 Å². The summed E-state index contributed by atoms with van der Waals surface area (Å²) in [5, 5.41) is 42.5. The maximum atomic E-state index is 11.9. The highest BCUT2D eigenvalue weighted by Gasteiger charge is 2.43. The molecule has 20 heavy (non-hydrogen) atoms. The van der Waals surface area contributed by atoms with Gasteiger partial charge < -0.3 is 35.8 Å². The zero-order chi connectivity index (χ0) is 15.4. The maximum Gasteiger partial charge on any atom is 0.245 e.